The van der Waals surface area contributed by atoms with E-state index in [1.165, 1.54) is 12.5 Å². The second-order valence-corrected chi connectivity index (χ2v) is 8.59. The third kappa shape index (κ3) is 7.99. The molecule has 0 radical (unpaired) electrons. The van der Waals surface area contributed by atoms with E-state index in [-0.39, 0.29) is 30.9 Å². The molecule has 0 unspecified atom stereocenters. The third-order valence-electron chi connectivity index (χ3n) is 6.10. The molecular weight excluding hydrogens is 430 g/mol. The summed E-state index contributed by atoms with van der Waals surface area (Å²) in [5, 5.41) is 22.5. The lowest BCUT2D eigenvalue weighted by Gasteiger charge is -2.32. The van der Waals surface area contributed by atoms with Crippen LogP contribution in [0.4, 0.5) is 5.69 Å². The predicted octanol–water partition coefficient (Wildman–Crippen LogP) is 4.64. The van der Waals surface area contributed by atoms with E-state index in [9.17, 15) is 9.90 Å². The van der Waals surface area contributed by atoms with Gasteiger partial charge in [0.25, 0.3) is 0 Å². The molecule has 7 nitrogen and oxygen atoms in total. The number of hydrogen-bond donors (Lipinski definition) is 3. The van der Waals surface area contributed by atoms with Crippen molar-refractivity contribution in [1.29, 1.82) is 0 Å². The average molecular weight is 472 g/mol. The van der Waals surface area contributed by atoms with Crippen molar-refractivity contribution in [1.82, 2.24) is 4.90 Å². The van der Waals surface area contributed by atoms with Gasteiger partial charge in [-0.1, -0.05) is 26.8 Å². The number of aliphatic hydroxyl groups excluding tert-OH is 2. The van der Waals surface area contributed by atoms with Gasteiger partial charge in [0, 0.05) is 32.1 Å². The van der Waals surface area contributed by atoms with E-state index in [0.717, 1.165) is 73.7 Å². The summed E-state index contributed by atoms with van der Waals surface area (Å²) in [6.45, 7) is 11.4. The van der Waals surface area contributed by atoms with E-state index in [2.05, 4.69) is 31.0 Å². The molecule has 0 spiro atoms. The number of aliphatic hydroxyl groups is 2. The quantitative estimate of drug-likeness (QED) is 0.188. The van der Waals surface area contributed by atoms with E-state index < -0.39 is 0 Å². The molecule has 0 saturated carbocycles. The number of amidine groups is 1. The number of benzene rings is 1. The number of nitrogens with one attached hydrogen (secondary N) is 1. The Labute approximate surface area is 204 Å². The van der Waals surface area contributed by atoms with Gasteiger partial charge in [-0.3, -0.25) is 4.79 Å². The topological polar surface area (TPSA) is 94.4 Å². The highest BCUT2D eigenvalue weighted by atomic mass is 16.5. The number of carbonyl (C=O) groups is 1. The molecular formula is C27H41N3O4. The minimum Gasteiger partial charge on any atom is -0.487 e. The van der Waals surface area contributed by atoms with Crippen molar-refractivity contribution in [2.45, 2.75) is 72.8 Å². The molecule has 3 N–H and O–H groups in total. The van der Waals surface area contributed by atoms with E-state index in [0.29, 0.717) is 0 Å². The first-order chi connectivity index (χ1) is 16.3. The Morgan fingerprint density at radius 2 is 1.88 bits per heavy atom. The molecule has 2 rings (SSSR count). The number of likely N-dealkylation sites (tertiary alicyclic amines) is 1. The van der Waals surface area contributed by atoms with Crippen LogP contribution in [-0.4, -0.2) is 59.1 Å². The predicted molar refractivity (Wildman–Crippen MR) is 139 cm³/mol. The molecule has 1 aliphatic rings. The van der Waals surface area contributed by atoms with Gasteiger partial charge in [-0.25, -0.2) is 4.99 Å². The Morgan fingerprint density at radius 3 is 2.44 bits per heavy atom. The smallest absolute Gasteiger partial charge is 0.194 e. The lowest BCUT2D eigenvalue weighted by Crippen LogP contribution is -2.40. The van der Waals surface area contributed by atoms with Gasteiger partial charge in [0.15, 0.2) is 11.5 Å². The summed E-state index contributed by atoms with van der Waals surface area (Å²) in [6, 6.07) is 6.00. The van der Waals surface area contributed by atoms with Gasteiger partial charge in [0.2, 0.25) is 0 Å². The number of Topliss-reactive ketones (excluding diaryl/α,β-unsaturated/α-hetero) is 1. The lowest BCUT2D eigenvalue weighted by atomic mass is 10.1. The number of allylic oxidation sites excluding steroid dienone is 2. The van der Waals surface area contributed by atoms with Crippen LogP contribution in [-0.2, 0) is 9.53 Å². The van der Waals surface area contributed by atoms with Crippen LogP contribution in [0, 0.1) is 6.92 Å². The molecule has 7 heteroatoms. The number of anilines is 1. The molecule has 0 bridgehead atoms. The van der Waals surface area contributed by atoms with Crippen LogP contribution in [0.15, 0.2) is 40.3 Å². The van der Waals surface area contributed by atoms with Gasteiger partial charge >= 0.3 is 0 Å². The normalized spacial score (nSPS) is 15.3. The zero-order chi connectivity index (χ0) is 25.1. The summed E-state index contributed by atoms with van der Waals surface area (Å²) in [5.74, 6) is 1.92. The summed E-state index contributed by atoms with van der Waals surface area (Å²) in [5.41, 5.74) is 3.99. The van der Waals surface area contributed by atoms with E-state index >= 15 is 0 Å². The summed E-state index contributed by atoms with van der Waals surface area (Å²) in [6.07, 6.45) is 5.63. The van der Waals surface area contributed by atoms with E-state index in [1.807, 2.05) is 25.1 Å². The highest BCUT2D eigenvalue weighted by Gasteiger charge is 2.20. The van der Waals surface area contributed by atoms with Crippen molar-refractivity contribution in [2.75, 3.05) is 31.6 Å². The first-order valence-electron chi connectivity index (χ1n) is 12.4. The molecule has 1 heterocycles. The van der Waals surface area contributed by atoms with Crippen LogP contribution in [0.5, 0.6) is 0 Å². The molecule has 1 saturated heterocycles. The van der Waals surface area contributed by atoms with Gasteiger partial charge in [-0.15, -0.1) is 0 Å². The summed E-state index contributed by atoms with van der Waals surface area (Å²) < 4.78 is 5.43. The van der Waals surface area contributed by atoms with Crippen molar-refractivity contribution < 1.29 is 19.7 Å². The fourth-order valence-electron chi connectivity index (χ4n) is 3.96. The van der Waals surface area contributed by atoms with Crippen LogP contribution in [0.1, 0.15) is 70.9 Å². The van der Waals surface area contributed by atoms with Gasteiger partial charge in [0.1, 0.15) is 18.3 Å². The van der Waals surface area contributed by atoms with Crippen molar-refractivity contribution in [3.05, 3.63) is 46.5 Å². The summed E-state index contributed by atoms with van der Waals surface area (Å²) in [4.78, 5) is 19.3. The Balaban J connectivity index is 2.40. The van der Waals surface area contributed by atoms with Crippen LogP contribution in [0.3, 0.4) is 0 Å². The van der Waals surface area contributed by atoms with Crippen LogP contribution < -0.4 is 5.32 Å². The molecule has 1 aliphatic heterocycles. The molecule has 1 aromatic carbocycles. The third-order valence-corrected chi connectivity index (χ3v) is 6.10. The lowest BCUT2D eigenvalue weighted by molar-refractivity contribution is -0.116. The van der Waals surface area contributed by atoms with Crippen molar-refractivity contribution in [3.8, 4) is 0 Å². The SMILES string of the molecule is CCC(CC)=C(/N=C(\CC)N1CCC(O)CC1)Nc1ccc(C)c(/C=C(/OCCO)C(C)=O)c1. The zero-order valence-corrected chi connectivity index (χ0v) is 21.4. The van der Waals surface area contributed by atoms with E-state index in [1.54, 1.807) is 6.08 Å². The Hall–Kier alpha value is -2.64. The number of aryl methyl sites for hydroxylation is 1. The zero-order valence-electron chi connectivity index (χ0n) is 21.4. The van der Waals surface area contributed by atoms with Gasteiger partial charge in [-0.05, 0) is 67.5 Å². The molecule has 1 aromatic rings. The second kappa shape index (κ2) is 13.9. The van der Waals surface area contributed by atoms with Crippen LogP contribution >= 0.6 is 0 Å². The highest BCUT2D eigenvalue weighted by molar-refractivity contribution is 5.96. The maximum atomic E-state index is 12.0. The fourth-order valence-corrected chi connectivity index (χ4v) is 3.96. The number of aliphatic imine (C=N–C) groups is 1. The number of nitrogens with zero attached hydrogens (tertiary/aromatic N) is 2. The highest BCUT2D eigenvalue weighted by Crippen LogP contribution is 2.24. The first-order valence-corrected chi connectivity index (χ1v) is 12.4. The number of ether oxygens (including phenoxy) is 1. The van der Waals surface area contributed by atoms with Crippen molar-refractivity contribution in [3.63, 3.8) is 0 Å². The van der Waals surface area contributed by atoms with Gasteiger partial charge < -0.3 is 25.2 Å². The molecule has 1 fully saturated rings. The fraction of sp³-hybridized carbons (Fsp3) is 0.556. The first kappa shape index (κ1) is 27.6. The van der Waals surface area contributed by atoms with Crippen LogP contribution in [0.2, 0.25) is 0 Å². The van der Waals surface area contributed by atoms with Crippen molar-refractivity contribution >= 4 is 23.4 Å². The number of rotatable bonds is 11. The summed E-state index contributed by atoms with van der Waals surface area (Å²) in [7, 11) is 0. The van der Waals surface area contributed by atoms with E-state index in [4.69, 9.17) is 14.8 Å². The number of piperidine rings is 1. The minimum atomic E-state index is -0.218. The van der Waals surface area contributed by atoms with Gasteiger partial charge in [-0.2, -0.15) is 0 Å². The average Bonchev–Trinajstić information content (AvgIpc) is 2.83. The maximum Gasteiger partial charge on any atom is 0.194 e. The molecule has 0 aromatic heterocycles. The molecule has 34 heavy (non-hydrogen) atoms. The minimum absolute atomic E-state index is 0.0771. The molecule has 188 valence electrons. The number of hydrogen-bond acceptors (Lipinski definition) is 6. The van der Waals surface area contributed by atoms with Gasteiger partial charge in [0.05, 0.1) is 12.7 Å². The number of ketones is 1. The largest absolute Gasteiger partial charge is 0.487 e. The standard InChI is InChI=1S/C27H41N3O4/c1-6-21(7-2)27(29-26(8-3)30-13-11-24(33)12-14-30)28-23-10-9-19(4)22(17-23)18-25(20(5)32)34-16-15-31/h9-10,17-18,24,28,31,33H,6-8,11-16H2,1-5H3/b25-18+,29-26+. The molecule has 0 aliphatic carbocycles. The second-order valence-electron chi connectivity index (χ2n) is 8.59. The Kier molecular flexibility index (Phi) is 11.3. The van der Waals surface area contributed by atoms with Crippen molar-refractivity contribution in [2.24, 2.45) is 4.99 Å². The summed E-state index contributed by atoms with van der Waals surface area (Å²) >= 11 is 0. The molecule has 0 atom stereocenters. The Morgan fingerprint density at radius 1 is 1.21 bits per heavy atom. The van der Waals surface area contributed by atoms with Crippen LogP contribution in [0.25, 0.3) is 6.08 Å². The Bertz CT molecular complexity index is 906. The maximum absolute atomic E-state index is 12.0. The molecule has 0 amide bonds. The number of carbonyl (C=O) groups excluding carboxylic acids is 1. The monoisotopic (exact) mass is 471 g/mol.